The van der Waals surface area contributed by atoms with Crippen LogP contribution in [-0.4, -0.2) is 11.3 Å². The zero-order valence-electron chi connectivity index (χ0n) is 7.39. The van der Waals surface area contributed by atoms with Crippen molar-refractivity contribution in [3.63, 3.8) is 0 Å². The van der Waals surface area contributed by atoms with E-state index in [9.17, 15) is 4.79 Å². The Morgan fingerprint density at radius 3 is 2.45 bits per heavy atom. The molecule has 11 heavy (non-hydrogen) atoms. The van der Waals surface area contributed by atoms with E-state index in [1.165, 1.54) is 12.8 Å². The Kier molecular flexibility index (Phi) is 2.33. The molecule has 0 unspecified atom stereocenters. The largest absolute Gasteiger partial charge is 0.325 e. The van der Waals surface area contributed by atoms with Gasteiger partial charge in [-0.2, -0.15) is 0 Å². The number of rotatable bonds is 4. The molecule has 1 saturated carbocycles. The third kappa shape index (κ3) is 4.14. The van der Waals surface area contributed by atoms with Crippen molar-refractivity contribution >= 4 is 5.78 Å². The van der Waals surface area contributed by atoms with Gasteiger partial charge in [0.25, 0.3) is 0 Å². The lowest BCUT2D eigenvalue weighted by molar-refractivity contribution is -0.120. The molecule has 1 rings (SSSR count). The molecule has 2 N–H and O–H groups in total. The second-order valence-corrected chi connectivity index (χ2v) is 4.35. The molecule has 0 aromatic carbocycles. The van der Waals surface area contributed by atoms with Crippen LogP contribution in [-0.2, 0) is 4.79 Å². The van der Waals surface area contributed by atoms with E-state index >= 15 is 0 Å². The fourth-order valence-corrected chi connectivity index (χ4v) is 1.22. The molecule has 0 aromatic rings. The first-order chi connectivity index (χ1) is 4.97. The maximum Gasteiger partial charge on any atom is 0.134 e. The van der Waals surface area contributed by atoms with Crippen molar-refractivity contribution in [2.45, 2.75) is 45.1 Å². The van der Waals surface area contributed by atoms with Crippen molar-refractivity contribution in [3.05, 3.63) is 0 Å². The predicted molar refractivity (Wildman–Crippen MR) is 45.2 cm³/mol. The highest BCUT2D eigenvalue weighted by Gasteiger charge is 2.26. The lowest BCUT2D eigenvalue weighted by atomic mass is 9.97. The Balaban J connectivity index is 2.19. The number of ketones is 1. The minimum absolute atomic E-state index is 0.314. The summed E-state index contributed by atoms with van der Waals surface area (Å²) < 4.78 is 0. The summed E-state index contributed by atoms with van der Waals surface area (Å²) in [5.41, 5.74) is 5.40. The summed E-state index contributed by atoms with van der Waals surface area (Å²) >= 11 is 0. The zero-order chi connectivity index (χ0) is 8.48. The third-order valence-corrected chi connectivity index (χ3v) is 1.87. The number of carbonyl (C=O) groups is 1. The van der Waals surface area contributed by atoms with Crippen LogP contribution in [0.2, 0.25) is 0 Å². The van der Waals surface area contributed by atoms with E-state index in [1.807, 2.05) is 13.8 Å². The molecule has 0 heterocycles. The lowest BCUT2D eigenvalue weighted by Gasteiger charge is -2.16. The Labute approximate surface area is 68.2 Å². The van der Waals surface area contributed by atoms with Crippen LogP contribution in [0.3, 0.4) is 0 Å². The molecule has 1 aliphatic rings. The van der Waals surface area contributed by atoms with Gasteiger partial charge in [0.2, 0.25) is 0 Å². The minimum atomic E-state index is -0.314. The number of nitrogens with two attached hydrogens (primary N) is 1. The third-order valence-electron chi connectivity index (χ3n) is 1.87. The molecule has 0 amide bonds. The van der Waals surface area contributed by atoms with Crippen LogP contribution >= 0.6 is 0 Å². The molecule has 1 fully saturated rings. The van der Waals surface area contributed by atoms with E-state index in [4.69, 9.17) is 5.73 Å². The molecule has 0 radical (unpaired) electrons. The summed E-state index contributed by atoms with van der Waals surface area (Å²) in [4.78, 5) is 11.2. The summed E-state index contributed by atoms with van der Waals surface area (Å²) in [5, 5.41) is 0. The second kappa shape index (κ2) is 2.94. The normalized spacial score (nSPS) is 18.5. The fraction of sp³-hybridized carbons (Fsp3) is 0.889. The van der Waals surface area contributed by atoms with Gasteiger partial charge in [-0.05, 0) is 32.6 Å². The molecular formula is C9H17NO. The first-order valence-corrected chi connectivity index (χ1v) is 4.28. The van der Waals surface area contributed by atoms with Gasteiger partial charge >= 0.3 is 0 Å². The summed E-state index contributed by atoms with van der Waals surface area (Å²) in [6.45, 7) is 3.80. The van der Waals surface area contributed by atoms with Crippen LogP contribution < -0.4 is 5.73 Å². The topological polar surface area (TPSA) is 43.1 Å². The SMILES string of the molecule is CC(C)(N)CC(=O)CC1CC1. The smallest absolute Gasteiger partial charge is 0.134 e. The van der Waals surface area contributed by atoms with Gasteiger partial charge in [-0.15, -0.1) is 0 Å². The van der Waals surface area contributed by atoms with Crippen molar-refractivity contribution in [1.29, 1.82) is 0 Å². The number of carbonyl (C=O) groups excluding carboxylic acids is 1. The highest BCUT2D eigenvalue weighted by Crippen LogP contribution is 2.33. The molecule has 0 aliphatic heterocycles. The van der Waals surface area contributed by atoms with Crippen LogP contribution in [0.15, 0.2) is 0 Å². The molecule has 0 spiro atoms. The Morgan fingerprint density at radius 1 is 1.55 bits per heavy atom. The van der Waals surface area contributed by atoms with Gasteiger partial charge in [-0.25, -0.2) is 0 Å². The van der Waals surface area contributed by atoms with E-state index in [-0.39, 0.29) is 5.54 Å². The van der Waals surface area contributed by atoms with Crippen molar-refractivity contribution < 1.29 is 4.79 Å². The molecule has 1 aliphatic carbocycles. The summed E-state index contributed by atoms with van der Waals surface area (Å²) in [6.07, 6.45) is 3.79. The predicted octanol–water partition coefficient (Wildman–Crippen LogP) is 1.48. The van der Waals surface area contributed by atoms with Crippen LogP contribution in [0.4, 0.5) is 0 Å². The van der Waals surface area contributed by atoms with Crippen LogP contribution in [0, 0.1) is 5.92 Å². The maximum absolute atomic E-state index is 11.2. The Bertz CT molecular complexity index is 153. The number of Topliss-reactive ketones (excluding diaryl/α,β-unsaturated/α-hetero) is 1. The van der Waals surface area contributed by atoms with E-state index in [0.29, 0.717) is 18.1 Å². The standard InChI is InChI=1S/C9H17NO/c1-9(2,10)6-8(11)5-7-3-4-7/h7H,3-6,10H2,1-2H3. The molecule has 0 bridgehead atoms. The summed E-state index contributed by atoms with van der Waals surface area (Å²) in [7, 11) is 0. The molecule has 2 nitrogen and oxygen atoms in total. The molecule has 2 heteroatoms. The molecule has 0 atom stereocenters. The average molecular weight is 155 g/mol. The van der Waals surface area contributed by atoms with E-state index in [0.717, 1.165) is 6.42 Å². The first-order valence-electron chi connectivity index (χ1n) is 4.28. The van der Waals surface area contributed by atoms with Gasteiger partial charge in [0.1, 0.15) is 5.78 Å². The monoisotopic (exact) mass is 155 g/mol. The molecule has 64 valence electrons. The van der Waals surface area contributed by atoms with Gasteiger partial charge < -0.3 is 5.73 Å². The van der Waals surface area contributed by atoms with Crippen LogP contribution in [0.5, 0.6) is 0 Å². The van der Waals surface area contributed by atoms with E-state index in [2.05, 4.69) is 0 Å². The lowest BCUT2D eigenvalue weighted by Crippen LogP contribution is -2.34. The van der Waals surface area contributed by atoms with Gasteiger partial charge in [0.15, 0.2) is 0 Å². The van der Waals surface area contributed by atoms with Gasteiger partial charge in [-0.1, -0.05) is 0 Å². The van der Waals surface area contributed by atoms with Gasteiger partial charge in [0.05, 0.1) is 0 Å². The van der Waals surface area contributed by atoms with Crippen LogP contribution in [0.25, 0.3) is 0 Å². The highest BCUT2D eigenvalue weighted by molar-refractivity contribution is 5.79. The van der Waals surface area contributed by atoms with Crippen molar-refractivity contribution in [3.8, 4) is 0 Å². The fourth-order valence-electron chi connectivity index (χ4n) is 1.22. The van der Waals surface area contributed by atoms with Crippen LogP contribution in [0.1, 0.15) is 39.5 Å². The highest BCUT2D eigenvalue weighted by atomic mass is 16.1. The van der Waals surface area contributed by atoms with E-state index in [1.54, 1.807) is 0 Å². The number of hydrogen-bond acceptors (Lipinski definition) is 2. The summed E-state index contributed by atoms with van der Waals surface area (Å²) in [6, 6.07) is 0. The molecular weight excluding hydrogens is 138 g/mol. The quantitative estimate of drug-likeness (QED) is 0.668. The minimum Gasteiger partial charge on any atom is -0.325 e. The second-order valence-electron chi connectivity index (χ2n) is 4.35. The summed E-state index contributed by atoms with van der Waals surface area (Å²) in [5.74, 6) is 1.03. The average Bonchev–Trinajstić information content (AvgIpc) is 2.42. The van der Waals surface area contributed by atoms with Crippen molar-refractivity contribution in [1.82, 2.24) is 0 Å². The van der Waals surface area contributed by atoms with Crippen molar-refractivity contribution in [2.24, 2.45) is 11.7 Å². The number of hydrogen-bond donors (Lipinski definition) is 1. The maximum atomic E-state index is 11.2. The Hall–Kier alpha value is -0.370. The molecule has 0 aromatic heterocycles. The Morgan fingerprint density at radius 2 is 2.09 bits per heavy atom. The molecule has 0 saturated heterocycles. The first kappa shape index (κ1) is 8.72. The zero-order valence-corrected chi connectivity index (χ0v) is 7.39. The van der Waals surface area contributed by atoms with E-state index < -0.39 is 0 Å². The van der Waals surface area contributed by atoms with Gasteiger partial charge in [-0.3, -0.25) is 4.79 Å². The van der Waals surface area contributed by atoms with Crippen molar-refractivity contribution in [2.75, 3.05) is 0 Å². The van der Waals surface area contributed by atoms with Gasteiger partial charge in [0, 0.05) is 18.4 Å².